The van der Waals surface area contributed by atoms with Crippen molar-refractivity contribution < 1.29 is 19.1 Å². The molecular formula is C15H25NO4. The Bertz CT molecular complexity index is 339. The molecule has 0 aromatic carbocycles. The zero-order chi connectivity index (χ0) is 14.4. The van der Waals surface area contributed by atoms with E-state index in [2.05, 4.69) is 0 Å². The average Bonchev–Trinajstić information content (AvgIpc) is 2.46. The van der Waals surface area contributed by atoms with E-state index in [1.54, 1.807) is 0 Å². The average molecular weight is 283 g/mol. The third-order valence-electron chi connectivity index (χ3n) is 4.06. The molecule has 114 valence electrons. The van der Waals surface area contributed by atoms with Crippen LogP contribution in [0.2, 0.25) is 0 Å². The van der Waals surface area contributed by atoms with Gasteiger partial charge in [-0.2, -0.15) is 0 Å². The summed E-state index contributed by atoms with van der Waals surface area (Å²) in [4.78, 5) is 25.4. The van der Waals surface area contributed by atoms with E-state index in [0.29, 0.717) is 13.0 Å². The van der Waals surface area contributed by atoms with Crippen molar-refractivity contribution in [3.63, 3.8) is 0 Å². The van der Waals surface area contributed by atoms with Gasteiger partial charge < -0.3 is 14.4 Å². The van der Waals surface area contributed by atoms with E-state index >= 15 is 0 Å². The number of nitrogens with zero attached hydrogens (tertiary/aromatic N) is 1. The number of rotatable bonds is 5. The highest BCUT2D eigenvalue weighted by Crippen LogP contribution is 2.17. The Balaban J connectivity index is 1.68. The minimum atomic E-state index is -0.231. The van der Waals surface area contributed by atoms with Crippen LogP contribution in [0, 0.1) is 0 Å². The zero-order valence-electron chi connectivity index (χ0n) is 12.3. The second-order valence-corrected chi connectivity index (χ2v) is 5.77. The summed E-state index contributed by atoms with van der Waals surface area (Å²) in [7, 11) is 0. The Morgan fingerprint density at radius 3 is 2.95 bits per heavy atom. The van der Waals surface area contributed by atoms with Crippen LogP contribution in [-0.4, -0.2) is 48.7 Å². The van der Waals surface area contributed by atoms with Gasteiger partial charge in [0, 0.05) is 25.6 Å². The number of likely N-dealkylation sites (tertiary alicyclic amines) is 1. The summed E-state index contributed by atoms with van der Waals surface area (Å²) in [6, 6.07) is -0.0671. The van der Waals surface area contributed by atoms with E-state index < -0.39 is 0 Å². The summed E-state index contributed by atoms with van der Waals surface area (Å²) in [6.45, 7) is 3.79. The Kier molecular flexibility index (Phi) is 5.83. The molecule has 2 aliphatic heterocycles. The van der Waals surface area contributed by atoms with E-state index in [-0.39, 0.29) is 30.4 Å². The largest absolute Gasteiger partial charge is 0.463 e. The van der Waals surface area contributed by atoms with Gasteiger partial charge in [0.15, 0.2) is 0 Å². The van der Waals surface area contributed by atoms with Crippen molar-refractivity contribution >= 4 is 11.9 Å². The number of hydrogen-bond acceptors (Lipinski definition) is 4. The topological polar surface area (TPSA) is 55.8 Å². The third kappa shape index (κ3) is 4.47. The van der Waals surface area contributed by atoms with Crippen molar-refractivity contribution in [2.75, 3.05) is 19.8 Å². The number of esters is 1. The summed E-state index contributed by atoms with van der Waals surface area (Å²) in [5.74, 6) is -0.0720. The first-order chi connectivity index (χ1) is 9.66. The fourth-order valence-corrected chi connectivity index (χ4v) is 2.83. The summed E-state index contributed by atoms with van der Waals surface area (Å²) in [6.07, 6.45) is 6.13. The van der Waals surface area contributed by atoms with E-state index in [1.165, 1.54) is 0 Å². The molecule has 2 aliphatic rings. The predicted molar refractivity (Wildman–Crippen MR) is 74.2 cm³/mol. The van der Waals surface area contributed by atoms with Crippen molar-refractivity contribution in [1.29, 1.82) is 0 Å². The van der Waals surface area contributed by atoms with Crippen LogP contribution < -0.4 is 0 Å². The Morgan fingerprint density at radius 1 is 1.40 bits per heavy atom. The van der Waals surface area contributed by atoms with Crippen LogP contribution >= 0.6 is 0 Å². The van der Waals surface area contributed by atoms with Crippen LogP contribution in [0.1, 0.15) is 51.9 Å². The molecule has 1 amide bonds. The number of carbonyl (C=O) groups is 2. The molecule has 0 radical (unpaired) electrons. The molecular weight excluding hydrogens is 258 g/mol. The summed E-state index contributed by atoms with van der Waals surface area (Å²) >= 11 is 0. The molecule has 2 fully saturated rings. The van der Waals surface area contributed by atoms with Crippen LogP contribution in [0.25, 0.3) is 0 Å². The van der Waals surface area contributed by atoms with Crippen LogP contribution in [0.3, 0.4) is 0 Å². The molecule has 2 rings (SSSR count). The molecule has 5 heteroatoms. The van der Waals surface area contributed by atoms with Crippen molar-refractivity contribution in [2.45, 2.75) is 64.0 Å². The van der Waals surface area contributed by atoms with E-state index in [1.807, 2.05) is 11.8 Å². The molecule has 0 aromatic rings. The first-order valence-corrected chi connectivity index (χ1v) is 7.73. The molecule has 2 atom stereocenters. The molecule has 2 saturated heterocycles. The Labute approximate surface area is 120 Å². The number of carbonyl (C=O) groups excluding carboxylic acids is 2. The monoisotopic (exact) mass is 283 g/mol. The smallest absolute Gasteiger partial charge is 0.307 e. The molecule has 0 unspecified atom stereocenters. The lowest BCUT2D eigenvalue weighted by Gasteiger charge is -2.32. The summed E-state index contributed by atoms with van der Waals surface area (Å²) in [5.41, 5.74) is 0. The van der Waals surface area contributed by atoms with Gasteiger partial charge in [0.2, 0.25) is 5.91 Å². The second-order valence-electron chi connectivity index (χ2n) is 5.77. The third-order valence-corrected chi connectivity index (χ3v) is 4.06. The van der Waals surface area contributed by atoms with E-state index in [4.69, 9.17) is 9.47 Å². The van der Waals surface area contributed by atoms with Crippen molar-refractivity contribution in [2.24, 2.45) is 0 Å². The lowest BCUT2D eigenvalue weighted by molar-refractivity contribution is -0.151. The Hall–Kier alpha value is -1.10. The molecule has 20 heavy (non-hydrogen) atoms. The standard InChI is InChI=1S/C15H25NO4/c1-12(16-8-4-2-7-14(16)17)10-15(18)20-11-13-6-3-5-9-19-13/h12-13H,2-11H2,1H3/t12-,13-/m0/s1. The first kappa shape index (κ1) is 15.3. The molecule has 0 spiro atoms. The normalized spacial score (nSPS) is 25.4. The fraction of sp³-hybridized carbons (Fsp3) is 0.867. The van der Waals surface area contributed by atoms with Gasteiger partial charge in [0.1, 0.15) is 6.61 Å². The van der Waals surface area contributed by atoms with Gasteiger partial charge in [-0.15, -0.1) is 0 Å². The number of hydrogen-bond donors (Lipinski definition) is 0. The highest BCUT2D eigenvalue weighted by atomic mass is 16.6. The van der Waals surface area contributed by atoms with Crippen molar-refractivity contribution in [1.82, 2.24) is 4.90 Å². The Morgan fingerprint density at radius 2 is 2.25 bits per heavy atom. The molecule has 0 saturated carbocycles. The predicted octanol–water partition coefficient (Wildman–Crippen LogP) is 1.89. The number of amides is 1. The lowest BCUT2D eigenvalue weighted by atomic mass is 10.1. The van der Waals surface area contributed by atoms with Gasteiger partial charge in [0.25, 0.3) is 0 Å². The van der Waals surface area contributed by atoms with Crippen LogP contribution in [0.15, 0.2) is 0 Å². The van der Waals surface area contributed by atoms with Gasteiger partial charge in [-0.1, -0.05) is 0 Å². The van der Waals surface area contributed by atoms with Gasteiger partial charge in [0.05, 0.1) is 12.5 Å². The molecule has 0 aromatic heterocycles. The van der Waals surface area contributed by atoms with Gasteiger partial charge in [-0.05, 0) is 39.0 Å². The van der Waals surface area contributed by atoms with E-state index in [0.717, 1.165) is 45.3 Å². The summed E-state index contributed by atoms with van der Waals surface area (Å²) < 4.78 is 10.8. The highest BCUT2D eigenvalue weighted by Gasteiger charge is 2.25. The quantitative estimate of drug-likeness (QED) is 0.723. The fourth-order valence-electron chi connectivity index (χ4n) is 2.83. The first-order valence-electron chi connectivity index (χ1n) is 7.73. The zero-order valence-corrected chi connectivity index (χ0v) is 12.3. The lowest BCUT2D eigenvalue weighted by Crippen LogP contribution is -2.43. The highest BCUT2D eigenvalue weighted by molar-refractivity contribution is 5.78. The number of piperidine rings is 1. The molecule has 5 nitrogen and oxygen atoms in total. The summed E-state index contributed by atoms with van der Waals surface area (Å²) in [5, 5.41) is 0. The minimum absolute atomic E-state index is 0.0552. The second kappa shape index (κ2) is 7.62. The maximum atomic E-state index is 11.8. The SMILES string of the molecule is C[C@@H](CC(=O)OC[C@@H]1CCCCO1)N1CCCCC1=O. The van der Waals surface area contributed by atoms with Crippen molar-refractivity contribution in [3.05, 3.63) is 0 Å². The van der Waals surface area contributed by atoms with Gasteiger partial charge in [-0.3, -0.25) is 9.59 Å². The van der Waals surface area contributed by atoms with Crippen LogP contribution in [-0.2, 0) is 19.1 Å². The number of ether oxygens (including phenoxy) is 2. The molecule has 0 N–H and O–H groups in total. The van der Waals surface area contributed by atoms with Crippen LogP contribution in [0.5, 0.6) is 0 Å². The maximum absolute atomic E-state index is 11.8. The molecule has 0 bridgehead atoms. The van der Waals surface area contributed by atoms with Crippen LogP contribution in [0.4, 0.5) is 0 Å². The molecule has 0 aliphatic carbocycles. The van der Waals surface area contributed by atoms with Gasteiger partial charge >= 0.3 is 5.97 Å². The maximum Gasteiger partial charge on any atom is 0.307 e. The molecule has 2 heterocycles. The minimum Gasteiger partial charge on any atom is -0.463 e. The van der Waals surface area contributed by atoms with Gasteiger partial charge in [-0.25, -0.2) is 0 Å². The van der Waals surface area contributed by atoms with Crippen molar-refractivity contribution in [3.8, 4) is 0 Å². The van der Waals surface area contributed by atoms with E-state index in [9.17, 15) is 9.59 Å².